The van der Waals surface area contributed by atoms with Crippen LogP contribution in [0, 0.1) is 10.8 Å². The van der Waals surface area contributed by atoms with Crippen molar-refractivity contribution in [2.45, 2.75) is 56.0 Å². The van der Waals surface area contributed by atoms with Gasteiger partial charge in [0.25, 0.3) is 0 Å². The van der Waals surface area contributed by atoms with E-state index in [0.29, 0.717) is 32.6 Å². The molecule has 2 unspecified atom stereocenters. The molecule has 0 radical (unpaired) electrons. The van der Waals surface area contributed by atoms with Crippen LogP contribution in [0.4, 0.5) is 0 Å². The van der Waals surface area contributed by atoms with Gasteiger partial charge in [0.1, 0.15) is 17.9 Å². The average Bonchev–Trinajstić information content (AvgIpc) is 3.78. The van der Waals surface area contributed by atoms with Crippen LogP contribution in [0.15, 0.2) is 183 Å². The van der Waals surface area contributed by atoms with Crippen molar-refractivity contribution in [2.75, 3.05) is 19.7 Å². The minimum atomic E-state index is -0.984. The van der Waals surface area contributed by atoms with Crippen LogP contribution in [0.5, 0.6) is 0 Å². The molecule has 6 aromatic carbocycles. The van der Waals surface area contributed by atoms with Gasteiger partial charge in [-0.05, 0) is 82.3 Å². The number of aliphatic hydroxyl groups excluding tert-OH is 1. The molecule has 66 heavy (non-hydrogen) atoms. The van der Waals surface area contributed by atoms with Crippen LogP contribution >= 0.6 is 9.24 Å². The van der Waals surface area contributed by atoms with Crippen LogP contribution in [0.1, 0.15) is 61.4 Å². The maximum atomic E-state index is 12.8. The zero-order chi connectivity index (χ0) is 47.7. The number of benzene rings is 6. The molecular weight excluding hydrogens is 840 g/mol. The van der Waals surface area contributed by atoms with Gasteiger partial charge in [0.05, 0.1) is 22.6 Å². The SMILES string of the molecule is C=CC[C@]1(C(C)=O)CN(C2(c3ccccc3)c3ccccc3-c3ccccc32)[C@@H]1C(=O)O.C=CC[C@]1(C(C)O)CN(C2(c3ccccc3)c3ccccc3-c3ccccc32)[C@@H]1C(=O)O.[2H]CP. The molecule has 0 saturated carbocycles. The van der Waals surface area contributed by atoms with Crippen LogP contribution in [-0.2, 0) is 25.5 Å². The lowest BCUT2D eigenvalue weighted by Crippen LogP contribution is -2.76. The van der Waals surface area contributed by atoms with E-state index in [1.54, 1.807) is 19.1 Å². The van der Waals surface area contributed by atoms with Gasteiger partial charge < -0.3 is 15.3 Å². The highest BCUT2D eigenvalue weighted by Gasteiger charge is 2.68. The summed E-state index contributed by atoms with van der Waals surface area (Å²) in [6, 6.07) is 51.3. The number of carboxylic acids is 2. The average molecular weight is 898 g/mol. The zero-order valence-corrected chi connectivity index (χ0v) is 38.5. The van der Waals surface area contributed by atoms with Crippen molar-refractivity contribution in [3.63, 3.8) is 0 Å². The molecule has 2 saturated heterocycles. The number of ketones is 1. The third-order valence-electron chi connectivity index (χ3n) is 14.7. The highest BCUT2D eigenvalue weighted by atomic mass is 31.0. The maximum absolute atomic E-state index is 12.8. The Balaban J connectivity index is 0.000000172. The molecule has 2 aliphatic carbocycles. The normalized spacial score (nSPS) is 23.1. The van der Waals surface area contributed by atoms with E-state index in [0.717, 1.165) is 55.6 Å². The molecule has 2 aliphatic heterocycles. The minimum absolute atomic E-state index is 0.108. The highest BCUT2D eigenvalue weighted by Crippen LogP contribution is 2.62. The predicted molar refractivity (Wildman–Crippen MR) is 265 cm³/mol. The Labute approximate surface area is 391 Å². The van der Waals surface area contributed by atoms with Crippen molar-refractivity contribution in [2.24, 2.45) is 10.8 Å². The van der Waals surface area contributed by atoms with E-state index in [1.807, 2.05) is 89.8 Å². The molecule has 4 aliphatic rings. The van der Waals surface area contributed by atoms with Crippen molar-refractivity contribution in [1.29, 1.82) is 0 Å². The Morgan fingerprint density at radius 3 is 1.27 bits per heavy atom. The number of likely N-dealkylation sites (tertiary alicyclic amines) is 2. The molecule has 2 heterocycles. The number of rotatable bonds is 12. The molecule has 3 N–H and O–H groups in total. The van der Waals surface area contributed by atoms with Crippen LogP contribution in [0.2, 0.25) is 0 Å². The number of aliphatic hydroxyl groups is 1. The number of carbonyl (C=O) groups excluding carboxylic acids is 1. The molecule has 6 aromatic rings. The second-order valence-electron chi connectivity index (χ2n) is 17.7. The van der Waals surface area contributed by atoms with Gasteiger partial charge >= 0.3 is 11.9 Å². The van der Waals surface area contributed by atoms with E-state index in [4.69, 9.17) is 1.37 Å². The van der Waals surface area contributed by atoms with Gasteiger partial charge in [0.2, 0.25) is 0 Å². The van der Waals surface area contributed by atoms with Crippen molar-refractivity contribution < 1.29 is 31.1 Å². The van der Waals surface area contributed by atoms with Crippen molar-refractivity contribution in [3.8, 4) is 22.3 Å². The molecule has 8 nitrogen and oxygen atoms in total. The standard InChI is InChI=1S/C28H27NO3.C28H25NO3.CH5P/c2*1-3-17-27(19(2)30)18-29(25(27)26(31)32)28(20-11-5-4-6-12-20)23-15-9-7-13-21(23)22-14-8-10-16-24(22)28;1-2/h3-16,19,25,30H,1,17-18H2,2H3,(H,31,32);3-16,25H,1,17-18H2,2H3,(H,31,32);2H2,1H3/t19?,25-,27-;25-,27-;/m11./s1/i;;1D. The fourth-order valence-electron chi connectivity index (χ4n) is 11.9. The van der Waals surface area contributed by atoms with E-state index in [1.165, 1.54) is 6.92 Å². The smallest absolute Gasteiger partial charge is 0.322 e. The number of Topliss-reactive ketones (excluding diaryl/α,β-unsaturated/α-hetero) is 1. The lowest BCUT2D eigenvalue weighted by molar-refractivity contribution is -0.194. The summed E-state index contributed by atoms with van der Waals surface area (Å²) >= 11 is 0. The largest absolute Gasteiger partial charge is 0.480 e. The number of hydrogen-bond donors (Lipinski definition) is 3. The van der Waals surface area contributed by atoms with E-state index in [2.05, 4.69) is 100 Å². The number of carboxylic acid groups (broad SMARTS) is 2. The molecule has 6 atom stereocenters. The number of nitrogens with zero attached hydrogens (tertiary/aromatic N) is 2. The van der Waals surface area contributed by atoms with Gasteiger partial charge in [-0.1, -0.05) is 177 Å². The molecular formula is C57H57N2O6P. The molecule has 2 fully saturated rings. The van der Waals surface area contributed by atoms with Crippen LogP contribution in [0.3, 0.4) is 0 Å². The summed E-state index contributed by atoms with van der Waals surface area (Å²) in [5, 5.41) is 31.6. The Kier molecular flexibility index (Phi) is 12.4. The van der Waals surface area contributed by atoms with Crippen LogP contribution in [0.25, 0.3) is 22.3 Å². The van der Waals surface area contributed by atoms with E-state index >= 15 is 0 Å². The first-order chi connectivity index (χ1) is 32.4. The fourth-order valence-corrected chi connectivity index (χ4v) is 11.9. The second-order valence-corrected chi connectivity index (χ2v) is 17.7. The van der Waals surface area contributed by atoms with Crippen molar-refractivity contribution in [1.82, 2.24) is 9.80 Å². The maximum Gasteiger partial charge on any atom is 0.322 e. The zero-order valence-electron chi connectivity index (χ0n) is 38.4. The summed E-state index contributed by atoms with van der Waals surface area (Å²) < 4.78 is 6.17. The van der Waals surface area contributed by atoms with Gasteiger partial charge in [-0.3, -0.25) is 24.2 Å². The van der Waals surface area contributed by atoms with Crippen LogP contribution in [-0.4, -0.2) is 80.8 Å². The Hall–Kier alpha value is -6.28. The van der Waals surface area contributed by atoms with Crippen LogP contribution < -0.4 is 0 Å². The van der Waals surface area contributed by atoms with Crippen molar-refractivity contribution >= 4 is 27.0 Å². The van der Waals surface area contributed by atoms with Gasteiger partial charge in [-0.25, -0.2) is 0 Å². The Morgan fingerprint density at radius 2 is 0.955 bits per heavy atom. The number of allylic oxidation sites excluding steroid dienone is 2. The first-order valence-corrected chi connectivity index (χ1v) is 23.1. The summed E-state index contributed by atoms with van der Waals surface area (Å²) in [7, 11) is 2.25. The molecule has 0 aromatic heterocycles. The molecule has 336 valence electrons. The topological polar surface area (TPSA) is 118 Å². The van der Waals surface area contributed by atoms with E-state index in [-0.39, 0.29) is 5.78 Å². The third-order valence-corrected chi connectivity index (χ3v) is 14.7. The Morgan fingerprint density at radius 1 is 0.621 bits per heavy atom. The van der Waals surface area contributed by atoms with Crippen molar-refractivity contribution in [3.05, 3.63) is 216 Å². The predicted octanol–water partition coefficient (Wildman–Crippen LogP) is 10.0. The first-order valence-electron chi connectivity index (χ1n) is 23.0. The summed E-state index contributed by atoms with van der Waals surface area (Å²) in [5.74, 6) is -2.01. The number of fused-ring (bicyclic) bond motifs is 6. The van der Waals surface area contributed by atoms with Gasteiger partial charge in [0, 0.05) is 19.9 Å². The first kappa shape index (κ1) is 44.9. The summed E-state index contributed by atoms with van der Waals surface area (Å²) in [4.78, 5) is 42.4. The lowest BCUT2D eigenvalue weighted by Gasteiger charge is -2.63. The minimum Gasteiger partial charge on any atom is -0.480 e. The van der Waals surface area contributed by atoms with E-state index < -0.39 is 52.0 Å². The molecule has 0 amide bonds. The molecule has 0 spiro atoms. The van der Waals surface area contributed by atoms with E-state index in [9.17, 15) is 29.7 Å². The lowest BCUT2D eigenvalue weighted by atomic mass is 9.61. The number of hydrogen-bond acceptors (Lipinski definition) is 6. The number of aliphatic carboxylic acids is 2. The van der Waals surface area contributed by atoms with Gasteiger partial charge in [0.15, 0.2) is 0 Å². The molecule has 9 heteroatoms. The third kappa shape index (κ3) is 6.60. The molecule has 0 bridgehead atoms. The fraction of sp³-hybridized carbons (Fsp3) is 0.246. The Bertz CT molecular complexity index is 2740. The number of carbonyl (C=O) groups is 3. The highest BCUT2D eigenvalue weighted by molar-refractivity contribution is 7.15. The molecule has 10 rings (SSSR count). The second kappa shape index (κ2) is 18.2. The summed E-state index contributed by atoms with van der Waals surface area (Å²) in [6.45, 7) is 12.1. The summed E-state index contributed by atoms with van der Waals surface area (Å²) in [5.41, 5.74) is 7.40. The quantitative estimate of drug-likeness (QED) is 0.0821. The monoisotopic (exact) mass is 897 g/mol. The van der Waals surface area contributed by atoms with Gasteiger partial charge in [-0.2, -0.15) is 0 Å². The van der Waals surface area contributed by atoms with Gasteiger partial charge in [-0.15, -0.1) is 22.4 Å². The summed E-state index contributed by atoms with van der Waals surface area (Å²) in [6.07, 6.45) is 3.39.